The van der Waals surface area contributed by atoms with Gasteiger partial charge in [0.25, 0.3) is 5.91 Å². The summed E-state index contributed by atoms with van der Waals surface area (Å²) in [5.41, 5.74) is 3.11. The maximum Gasteiger partial charge on any atom is 0.251 e. The Bertz CT molecular complexity index is 1350. The normalized spacial score (nSPS) is 14.6. The summed E-state index contributed by atoms with van der Waals surface area (Å²) in [7, 11) is 1.63. The lowest BCUT2D eigenvalue weighted by Crippen LogP contribution is -2.47. The van der Waals surface area contributed by atoms with Crippen LogP contribution in [0.3, 0.4) is 0 Å². The molecule has 0 saturated carbocycles. The number of methoxy groups -OCH3 is 1. The van der Waals surface area contributed by atoms with Crippen LogP contribution in [-0.4, -0.2) is 76.7 Å². The number of nitrogens with zero attached hydrogens (tertiary/aromatic N) is 6. The number of aromatic nitrogens is 4. The summed E-state index contributed by atoms with van der Waals surface area (Å²) in [4.78, 5) is 26.1. The van der Waals surface area contributed by atoms with E-state index in [9.17, 15) is 9.90 Å². The van der Waals surface area contributed by atoms with Crippen molar-refractivity contribution in [3.8, 4) is 11.4 Å². The third-order valence-electron chi connectivity index (χ3n) is 6.26. The first-order valence-corrected chi connectivity index (χ1v) is 11.9. The molecule has 186 valence electrons. The summed E-state index contributed by atoms with van der Waals surface area (Å²) in [6.07, 6.45) is 2.80. The predicted octanol–water partition coefficient (Wildman–Crippen LogP) is 2.26. The topological polar surface area (TPSA) is 109 Å². The maximum absolute atomic E-state index is 12.5. The second-order valence-electron chi connectivity index (χ2n) is 8.75. The molecule has 0 bridgehead atoms. The van der Waals surface area contributed by atoms with Gasteiger partial charge < -0.3 is 25.0 Å². The van der Waals surface area contributed by atoms with Gasteiger partial charge in [-0.05, 0) is 37.3 Å². The van der Waals surface area contributed by atoms with Crippen molar-refractivity contribution in [2.75, 3.05) is 49.6 Å². The number of fused-ring (bicyclic) bond motifs is 1. The van der Waals surface area contributed by atoms with Crippen LogP contribution in [0, 0.1) is 0 Å². The largest absolute Gasteiger partial charge is 0.495 e. The molecule has 10 nitrogen and oxygen atoms in total. The number of anilines is 2. The van der Waals surface area contributed by atoms with Crippen LogP contribution in [0.4, 0.5) is 11.5 Å². The Morgan fingerprint density at radius 3 is 2.56 bits per heavy atom. The van der Waals surface area contributed by atoms with Gasteiger partial charge in [-0.3, -0.25) is 4.79 Å². The molecule has 5 rings (SSSR count). The van der Waals surface area contributed by atoms with Crippen LogP contribution in [0.25, 0.3) is 16.7 Å². The quantitative estimate of drug-likeness (QED) is 0.409. The minimum Gasteiger partial charge on any atom is -0.495 e. The molecule has 0 spiro atoms. The van der Waals surface area contributed by atoms with Gasteiger partial charge in [-0.2, -0.15) is 5.10 Å². The summed E-state index contributed by atoms with van der Waals surface area (Å²) >= 11 is 0. The molecule has 4 aromatic rings. The lowest BCUT2D eigenvalue weighted by molar-refractivity contribution is 0.0924. The van der Waals surface area contributed by atoms with E-state index < -0.39 is 6.10 Å². The van der Waals surface area contributed by atoms with Gasteiger partial charge in [-0.1, -0.05) is 18.2 Å². The molecule has 1 aliphatic rings. The minimum atomic E-state index is -0.604. The molecule has 2 aromatic heterocycles. The fourth-order valence-corrected chi connectivity index (χ4v) is 4.42. The molecule has 1 atom stereocenters. The SMILES string of the molecule is COc1ccc(C(=O)NCC(C)O)cc1N1CCN(c2ncnc3c2cnn3-c2ccccc2)CC1. The number of aliphatic hydroxyl groups excluding tert-OH is 1. The highest BCUT2D eigenvalue weighted by atomic mass is 16.5. The molecule has 2 aromatic carbocycles. The number of hydrogen-bond donors (Lipinski definition) is 2. The Balaban J connectivity index is 1.34. The fraction of sp³-hybridized carbons (Fsp3) is 0.308. The standard InChI is InChI=1S/C26H29N7O3/c1-18(34)15-27-26(35)19-8-9-23(36-2)22(14-19)31-10-12-32(13-11-31)24-21-16-30-33(25(21)29-17-28-24)20-6-4-3-5-7-20/h3-9,14,16-18,34H,10-13,15H2,1-2H3,(H,27,35). The summed E-state index contributed by atoms with van der Waals surface area (Å²) in [5, 5.41) is 17.7. The van der Waals surface area contributed by atoms with Gasteiger partial charge in [-0.25, -0.2) is 14.6 Å². The zero-order valence-corrected chi connectivity index (χ0v) is 20.3. The highest BCUT2D eigenvalue weighted by Gasteiger charge is 2.24. The number of amides is 1. The molecule has 2 N–H and O–H groups in total. The number of piperazine rings is 1. The molecule has 0 radical (unpaired) electrons. The molecule has 0 aliphatic carbocycles. The molecule has 1 fully saturated rings. The van der Waals surface area contributed by atoms with Crippen molar-refractivity contribution in [2.45, 2.75) is 13.0 Å². The summed E-state index contributed by atoms with van der Waals surface area (Å²) in [6, 6.07) is 15.3. The fourth-order valence-electron chi connectivity index (χ4n) is 4.42. The third-order valence-corrected chi connectivity index (χ3v) is 6.26. The number of para-hydroxylation sites is 1. The minimum absolute atomic E-state index is 0.202. The van der Waals surface area contributed by atoms with Crippen molar-refractivity contribution >= 4 is 28.4 Å². The van der Waals surface area contributed by atoms with Crippen molar-refractivity contribution in [3.63, 3.8) is 0 Å². The zero-order chi connectivity index (χ0) is 25.1. The van der Waals surface area contributed by atoms with Crippen LogP contribution >= 0.6 is 0 Å². The maximum atomic E-state index is 12.5. The van der Waals surface area contributed by atoms with Crippen molar-refractivity contribution in [3.05, 3.63) is 66.6 Å². The lowest BCUT2D eigenvalue weighted by atomic mass is 10.1. The number of carbonyl (C=O) groups is 1. The van der Waals surface area contributed by atoms with E-state index in [-0.39, 0.29) is 12.5 Å². The van der Waals surface area contributed by atoms with E-state index in [1.54, 1.807) is 26.4 Å². The van der Waals surface area contributed by atoms with E-state index in [0.717, 1.165) is 54.4 Å². The van der Waals surface area contributed by atoms with E-state index in [2.05, 4.69) is 30.2 Å². The van der Waals surface area contributed by atoms with Crippen molar-refractivity contribution in [1.29, 1.82) is 0 Å². The number of rotatable bonds is 7. The highest BCUT2D eigenvalue weighted by Crippen LogP contribution is 2.32. The van der Waals surface area contributed by atoms with Gasteiger partial charge in [0.05, 0.1) is 36.2 Å². The smallest absolute Gasteiger partial charge is 0.251 e. The third kappa shape index (κ3) is 4.67. The predicted molar refractivity (Wildman–Crippen MR) is 138 cm³/mol. The molecule has 1 amide bonds. The molecule has 1 unspecified atom stereocenters. The zero-order valence-electron chi connectivity index (χ0n) is 20.3. The van der Waals surface area contributed by atoms with Crippen LogP contribution < -0.4 is 19.9 Å². The van der Waals surface area contributed by atoms with E-state index in [1.807, 2.05) is 53.3 Å². The second kappa shape index (κ2) is 10.2. The highest BCUT2D eigenvalue weighted by molar-refractivity contribution is 5.95. The average molecular weight is 488 g/mol. The first-order chi connectivity index (χ1) is 17.5. The molecule has 1 aliphatic heterocycles. The molecular formula is C26H29N7O3. The average Bonchev–Trinajstić information content (AvgIpc) is 3.36. The lowest BCUT2D eigenvalue weighted by Gasteiger charge is -2.37. The van der Waals surface area contributed by atoms with Crippen LogP contribution in [0.2, 0.25) is 0 Å². The Labute approximate surface area is 209 Å². The van der Waals surface area contributed by atoms with Crippen LogP contribution in [0.1, 0.15) is 17.3 Å². The number of ether oxygens (including phenoxy) is 1. The molecular weight excluding hydrogens is 458 g/mol. The van der Waals surface area contributed by atoms with Gasteiger partial charge in [0.15, 0.2) is 5.65 Å². The van der Waals surface area contributed by atoms with Gasteiger partial charge in [-0.15, -0.1) is 0 Å². The van der Waals surface area contributed by atoms with E-state index in [0.29, 0.717) is 11.3 Å². The number of benzene rings is 2. The van der Waals surface area contributed by atoms with E-state index >= 15 is 0 Å². The summed E-state index contributed by atoms with van der Waals surface area (Å²) < 4.78 is 7.42. The second-order valence-corrected chi connectivity index (χ2v) is 8.75. The first-order valence-electron chi connectivity index (χ1n) is 11.9. The van der Waals surface area contributed by atoms with Crippen LogP contribution in [0.5, 0.6) is 5.75 Å². The first kappa shape index (κ1) is 23.6. The molecule has 10 heteroatoms. The summed E-state index contributed by atoms with van der Waals surface area (Å²) in [6.45, 7) is 4.78. The Morgan fingerprint density at radius 2 is 1.83 bits per heavy atom. The monoisotopic (exact) mass is 487 g/mol. The Morgan fingerprint density at radius 1 is 1.08 bits per heavy atom. The van der Waals surface area contributed by atoms with Gasteiger partial charge in [0.2, 0.25) is 0 Å². The summed E-state index contributed by atoms with van der Waals surface area (Å²) in [5.74, 6) is 1.35. The van der Waals surface area contributed by atoms with Crippen molar-refractivity contribution < 1.29 is 14.6 Å². The molecule has 3 heterocycles. The van der Waals surface area contributed by atoms with Gasteiger partial charge in [0, 0.05) is 38.3 Å². The number of hydrogen-bond acceptors (Lipinski definition) is 8. The van der Waals surface area contributed by atoms with E-state index in [4.69, 9.17) is 4.74 Å². The number of aliphatic hydroxyl groups is 1. The van der Waals surface area contributed by atoms with Crippen LogP contribution in [-0.2, 0) is 0 Å². The van der Waals surface area contributed by atoms with Gasteiger partial charge >= 0.3 is 0 Å². The number of carbonyl (C=O) groups excluding carboxylic acids is 1. The van der Waals surface area contributed by atoms with Gasteiger partial charge in [0.1, 0.15) is 17.9 Å². The molecule has 36 heavy (non-hydrogen) atoms. The van der Waals surface area contributed by atoms with E-state index in [1.165, 1.54) is 0 Å². The van der Waals surface area contributed by atoms with Crippen LogP contribution in [0.15, 0.2) is 61.1 Å². The Kier molecular flexibility index (Phi) is 6.68. The van der Waals surface area contributed by atoms with Crippen molar-refractivity contribution in [1.82, 2.24) is 25.1 Å². The number of nitrogens with one attached hydrogen (secondary N) is 1. The van der Waals surface area contributed by atoms with Crippen molar-refractivity contribution in [2.24, 2.45) is 0 Å². The Hall–Kier alpha value is -4.18. The molecule has 1 saturated heterocycles.